The molecule has 16 aromatic carbocycles. The maximum Gasteiger partial charge on any atom is -0.000740 e. The number of rotatable bonds is 6. The van der Waals surface area contributed by atoms with E-state index in [1.807, 2.05) is 0 Å². The SMILES string of the molecule is CC(C)c1cc2ccc(C(C)C)c3c4ccc5c6cc7c(-c8ccccc8)c8c9ccc%10c%11cc(C(C)C)cc%12ccc(C(C)C)c(c%13ccc(c8c(-c8ccccc8)c7cc6c6ccc(c(c1)c23)c4c56)c9c%10%13)c%12%11. The van der Waals surface area contributed by atoms with Gasteiger partial charge in [-0.2, -0.15) is 0 Å². The zero-order valence-corrected chi connectivity index (χ0v) is 43.5. The molecule has 0 radical (unpaired) electrons. The van der Waals surface area contributed by atoms with Crippen LogP contribution in [0.1, 0.15) is 101 Å². The fourth-order valence-corrected chi connectivity index (χ4v) is 14.7. The molecule has 0 heteroatoms. The molecule has 0 N–H and O–H groups in total. The van der Waals surface area contributed by atoms with Crippen LogP contribution in [0.5, 0.6) is 0 Å². The molecule has 0 aliphatic rings. The smallest absolute Gasteiger partial charge is 0.000740 e. The van der Waals surface area contributed by atoms with Crippen molar-refractivity contribution in [2.24, 2.45) is 0 Å². The van der Waals surface area contributed by atoms with Gasteiger partial charge in [-0.05, 0) is 220 Å². The number of fused-ring (bicyclic) bond motifs is 11. The predicted octanol–water partition coefficient (Wildman–Crippen LogP) is 22.3. The summed E-state index contributed by atoms with van der Waals surface area (Å²) in [7, 11) is 0. The van der Waals surface area contributed by atoms with E-state index >= 15 is 0 Å². The van der Waals surface area contributed by atoms with Crippen molar-refractivity contribution in [1.29, 1.82) is 0 Å². The molecule has 74 heavy (non-hydrogen) atoms. The summed E-state index contributed by atoms with van der Waals surface area (Å²) in [4.78, 5) is 0. The summed E-state index contributed by atoms with van der Waals surface area (Å²) in [6, 6.07) is 67.3. The Balaban J connectivity index is 1.12. The summed E-state index contributed by atoms with van der Waals surface area (Å²) >= 11 is 0. The third-order valence-corrected chi connectivity index (χ3v) is 18.1. The second-order valence-electron chi connectivity index (χ2n) is 23.3. The summed E-state index contributed by atoms with van der Waals surface area (Å²) < 4.78 is 0. The average Bonchev–Trinajstić information content (AvgIpc) is 3.93. The van der Waals surface area contributed by atoms with Crippen LogP contribution in [0.2, 0.25) is 0 Å². The summed E-state index contributed by atoms with van der Waals surface area (Å²) in [6.07, 6.45) is 0. The molecule has 0 heterocycles. The van der Waals surface area contributed by atoms with Crippen LogP contribution in [-0.2, 0) is 0 Å². The van der Waals surface area contributed by atoms with Gasteiger partial charge in [0, 0.05) is 0 Å². The summed E-state index contributed by atoms with van der Waals surface area (Å²) in [5.74, 6) is 1.63. The Morgan fingerprint density at radius 3 is 0.932 bits per heavy atom. The van der Waals surface area contributed by atoms with E-state index in [-0.39, 0.29) is 0 Å². The maximum atomic E-state index is 2.60. The van der Waals surface area contributed by atoms with Gasteiger partial charge in [0.1, 0.15) is 0 Å². The van der Waals surface area contributed by atoms with Crippen molar-refractivity contribution in [1.82, 2.24) is 0 Å². The lowest BCUT2D eigenvalue weighted by atomic mass is 9.83. The Labute approximate surface area is 431 Å². The van der Waals surface area contributed by atoms with Crippen LogP contribution >= 0.6 is 0 Å². The van der Waals surface area contributed by atoms with Crippen molar-refractivity contribution in [3.8, 4) is 22.3 Å². The van der Waals surface area contributed by atoms with Crippen molar-refractivity contribution in [2.75, 3.05) is 0 Å². The maximum absolute atomic E-state index is 2.60. The van der Waals surface area contributed by atoms with Crippen LogP contribution in [0, 0.1) is 0 Å². The molecule has 0 fully saturated rings. The molecule has 0 unspecified atom stereocenters. The lowest BCUT2D eigenvalue weighted by molar-refractivity contribution is 0.869. The molecule has 0 spiro atoms. The van der Waals surface area contributed by atoms with E-state index in [0.717, 1.165) is 0 Å². The highest BCUT2D eigenvalue weighted by molar-refractivity contribution is 6.48. The number of benzene rings is 14. The highest BCUT2D eigenvalue weighted by Gasteiger charge is 2.29. The molecule has 0 aromatic heterocycles. The van der Waals surface area contributed by atoms with E-state index in [9.17, 15) is 0 Å². The van der Waals surface area contributed by atoms with E-state index in [1.165, 1.54) is 185 Å². The third-order valence-electron chi connectivity index (χ3n) is 18.1. The first kappa shape index (κ1) is 42.4. The molecule has 16 aromatic rings. The van der Waals surface area contributed by atoms with E-state index in [0.29, 0.717) is 23.7 Å². The molecular weight excluding hydrogens is 889 g/mol. The van der Waals surface area contributed by atoms with Crippen LogP contribution in [0.3, 0.4) is 0 Å². The average molecular weight is 945 g/mol. The van der Waals surface area contributed by atoms with Gasteiger partial charge in [0.25, 0.3) is 0 Å². The molecule has 0 saturated heterocycles. The Bertz CT molecular complexity index is 4910. The van der Waals surface area contributed by atoms with Gasteiger partial charge >= 0.3 is 0 Å². The second-order valence-corrected chi connectivity index (χ2v) is 23.3. The topological polar surface area (TPSA) is 0 Å². The molecule has 352 valence electrons. The van der Waals surface area contributed by atoms with Crippen LogP contribution in [0.4, 0.5) is 0 Å². The van der Waals surface area contributed by atoms with Gasteiger partial charge in [-0.1, -0.05) is 213 Å². The van der Waals surface area contributed by atoms with Gasteiger partial charge in [-0.25, -0.2) is 0 Å². The fraction of sp³-hybridized carbons (Fsp3) is 0.162. The highest BCUT2D eigenvalue weighted by atomic mass is 14.3. The molecule has 0 bridgehead atoms. The standard InChI is InChI=1S/C74H56/c1-37(2)45-31-43-19-21-47(39(5)6)67-53-27-25-50-58-36-62-61(35-57(58)49-23-24-51(70(53)69(49)50)59(33-45)65(43)67)64(42-17-13-10-14-18-42)74-56-30-29-54-68-48(40(7)8)22-20-44-32-46(38(3)4)34-60(66(44)68)52-26-28-55(72(56)71(52)54)73(74)63(62)41-15-11-9-12-16-41/h9-40H,1-8H3. The van der Waals surface area contributed by atoms with Crippen molar-refractivity contribution in [3.63, 3.8) is 0 Å². The minimum atomic E-state index is 0.382. The minimum absolute atomic E-state index is 0.382. The van der Waals surface area contributed by atoms with Crippen LogP contribution in [-0.4, -0.2) is 0 Å². The fourth-order valence-electron chi connectivity index (χ4n) is 14.7. The molecule has 0 amide bonds. The summed E-state index contributed by atoms with van der Waals surface area (Å²) in [6.45, 7) is 18.8. The van der Waals surface area contributed by atoms with Crippen LogP contribution in [0.15, 0.2) is 170 Å². The normalized spacial score (nSPS) is 13.1. The molecular formula is C74H56. The first-order valence-corrected chi connectivity index (χ1v) is 27.3. The summed E-state index contributed by atoms with van der Waals surface area (Å²) in [5, 5.41) is 35.5. The van der Waals surface area contributed by atoms with Gasteiger partial charge in [0.2, 0.25) is 0 Å². The molecule has 0 nitrogen and oxygen atoms in total. The molecule has 0 aliphatic carbocycles. The quantitative estimate of drug-likeness (QED) is 0.115. The zero-order chi connectivity index (χ0) is 49.7. The van der Waals surface area contributed by atoms with Crippen molar-refractivity contribution in [3.05, 3.63) is 192 Å². The first-order valence-electron chi connectivity index (χ1n) is 27.3. The Morgan fingerprint density at radius 2 is 0.554 bits per heavy atom. The van der Waals surface area contributed by atoms with Crippen LogP contribution < -0.4 is 0 Å². The number of hydrogen-bond donors (Lipinski definition) is 0. The summed E-state index contributed by atoms with van der Waals surface area (Å²) in [5.41, 5.74) is 10.8. The van der Waals surface area contributed by atoms with Crippen molar-refractivity contribution < 1.29 is 0 Å². The monoisotopic (exact) mass is 944 g/mol. The lowest BCUT2D eigenvalue weighted by Crippen LogP contribution is -1.96. The van der Waals surface area contributed by atoms with Gasteiger partial charge in [-0.15, -0.1) is 0 Å². The zero-order valence-electron chi connectivity index (χ0n) is 43.5. The van der Waals surface area contributed by atoms with E-state index in [2.05, 4.69) is 225 Å². The lowest BCUT2D eigenvalue weighted by Gasteiger charge is -2.20. The van der Waals surface area contributed by atoms with Crippen molar-refractivity contribution >= 4 is 140 Å². The minimum Gasteiger partial charge on any atom is -0.0622 e. The number of hydrogen-bond acceptors (Lipinski definition) is 0. The largest absolute Gasteiger partial charge is 0.0622 e. The van der Waals surface area contributed by atoms with Crippen LogP contribution in [0.25, 0.3) is 162 Å². The van der Waals surface area contributed by atoms with Gasteiger partial charge in [-0.3, -0.25) is 0 Å². The van der Waals surface area contributed by atoms with E-state index in [4.69, 9.17) is 0 Å². The molecule has 0 saturated carbocycles. The van der Waals surface area contributed by atoms with E-state index < -0.39 is 0 Å². The third kappa shape index (κ3) is 5.33. The van der Waals surface area contributed by atoms with Gasteiger partial charge in [0.15, 0.2) is 0 Å². The Kier molecular flexibility index (Phi) is 8.49. The van der Waals surface area contributed by atoms with E-state index in [1.54, 1.807) is 0 Å². The molecule has 0 aliphatic heterocycles. The van der Waals surface area contributed by atoms with Gasteiger partial charge < -0.3 is 0 Å². The highest BCUT2D eigenvalue weighted by Crippen LogP contribution is 2.57. The predicted molar refractivity (Wildman–Crippen MR) is 326 cm³/mol. The Hall–Kier alpha value is -8.06. The Morgan fingerprint density at radius 1 is 0.216 bits per heavy atom. The molecule has 0 atom stereocenters. The first-order chi connectivity index (χ1) is 36.0. The van der Waals surface area contributed by atoms with Crippen molar-refractivity contribution in [2.45, 2.75) is 79.1 Å². The molecule has 16 rings (SSSR count). The van der Waals surface area contributed by atoms with Gasteiger partial charge in [0.05, 0.1) is 0 Å². The second kappa shape index (κ2) is 14.8.